The second-order valence-corrected chi connectivity index (χ2v) is 9.29. The van der Waals surface area contributed by atoms with Crippen molar-refractivity contribution in [1.82, 2.24) is 24.7 Å². The van der Waals surface area contributed by atoms with Crippen LogP contribution in [0.3, 0.4) is 0 Å². The van der Waals surface area contributed by atoms with Crippen molar-refractivity contribution in [1.29, 1.82) is 0 Å². The predicted molar refractivity (Wildman–Crippen MR) is 100 cm³/mol. The van der Waals surface area contributed by atoms with Crippen LogP contribution in [0.1, 0.15) is 30.1 Å². The number of hydrogen-bond acceptors (Lipinski definition) is 8. The third kappa shape index (κ3) is 3.57. The van der Waals surface area contributed by atoms with Crippen LogP contribution < -0.4 is 10.6 Å². The number of sulfone groups is 1. The van der Waals surface area contributed by atoms with Crippen LogP contribution >= 0.6 is 11.3 Å². The molecule has 8 nitrogen and oxygen atoms in total. The first-order valence-electron chi connectivity index (χ1n) is 8.43. The summed E-state index contributed by atoms with van der Waals surface area (Å²) in [6, 6.07) is 0. The van der Waals surface area contributed by atoms with Crippen LogP contribution in [0.15, 0.2) is 28.9 Å². The Labute approximate surface area is 155 Å². The van der Waals surface area contributed by atoms with Gasteiger partial charge >= 0.3 is 0 Å². The predicted octanol–water partition coefficient (Wildman–Crippen LogP) is 1.67. The van der Waals surface area contributed by atoms with Crippen molar-refractivity contribution >= 4 is 32.1 Å². The number of nitrogens with one attached hydrogen (secondary N) is 2. The number of hydrogen-bond donors (Lipinski definition) is 2. The lowest BCUT2D eigenvalue weighted by molar-refractivity contribution is 0.448. The lowest BCUT2D eigenvalue weighted by Crippen LogP contribution is -2.30. The molecule has 0 bridgehead atoms. The van der Waals surface area contributed by atoms with E-state index in [1.807, 2.05) is 22.2 Å². The molecule has 0 spiro atoms. The first kappa shape index (κ1) is 17.4. The van der Waals surface area contributed by atoms with Gasteiger partial charge < -0.3 is 10.6 Å². The van der Waals surface area contributed by atoms with Gasteiger partial charge in [-0.2, -0.15) is 0 Å². The summed E-state index contributed by atoms with van der Waals surface area (Å²) in [5.41, 5.74) is 1.48. The van der Waals surface area contributed by atoms with E-state index in [1.165, 1.54) is 12.5 Å². The average Bonchev–Trinajstić information content (AvgIpc) is 3.21. The minimum Gasteiger partial charge on any atom is -0.348 e. The summed E-state index contributed by atoms with van der Waals surface area (Å²) in [5.74, 6) is 0.504. The highest BCUT2D eigenvalue weighted by Gasteiger charge is 2.25. The Morgan fingerprint density at radius 2 is 2.31 bits per heavy atom. The maximum atomic E-state index is 12.1. The Morgan fingerprint density at radius 1 is 1.42 bits per heavy atom. The third-order valence-corrected chi connectivity index (χ3v) is 6.32. The molecule has 1 fully saturated rings. The van der Waals surface area contributed by atoms with E-state index in [-0.39, 0.29) is 10.8 Å². The Kier molecular flexibility index (Phi) is 4.63. The summed E-state index contributed by atoms with van der Waals surface area (Å²) >= 11 is 1.57. The van der Waals surface area contributed by atoms with Gasteiger partial charge in [-0.3, -0.25) is 4.40 Å². The topological polar surface area (TPSA) is 101 Å². The molecule has 1 aliphatic rings. The van der Waals surface area contributed by atoms with Crippen molar-refractivity contribution in [2.24, 2.45) is 0 Å². The maximum absolute atomic E-state index is 12.1. The van der Waals surface area contributed by atoms with Crippen molar-refractivity contribution in [3.63, 3.8) is 0 Å². The molecule has 0 radical (unpaired) electrons. The van der Waals surface area contributed by atoms with Gasteiger partial charge in [0.2, 0.25) is 5.95 Å². The fraction of sp³-hybridized carbons (Fsp3) is 0.438. The van der Waals surface area contributed by atoms with Crippen molar-refractivity contribution in [2.45, 2.75) is 30.2 Å². The van der Waals surface area contributed by atoms with Crippen LogP contribution in [0.25, 0.3) is 4.96 Å². The smallest absolute Gasteiger partial charge is 0.223 e. The molecule has 4 rings (SSSR count). The number of rotatable bonds is 5. The zero-order valence-corrected chi connectivity index (χ0v) is 16.0. The van der Waals surface area contributed by atoms with E-state index in [0.29, 0.717) is 18.2 Å². The van der Waals surface area contributed by atoms with Crippen LogP contribution in [0, 0.1) is 0 Å². The molecule has 138 valence electrons. The molecule has 4 heterocycles. The standard InChI is InChI=1S/C16H20N6O2S2/c1-26(23,24)13-9-19-15(21-14(13)11-3-2-4-17-7-11)18-8-12-10-22-5-6-25-16(22)20-12/h5-6,9-11,17H,2-4,7-8H2,1H3,(H,18,19,21). The van der Waals surface area contributed by atoms with Crippen LogP contribution in [-0.4, -0.2) is 47.1 Å². The molecule has 1 atom stereocenters. The molecule has 10 heteroatoms. The van der Waals surface area contributed by atoms with E-state index < -0.39 is 9.84 Å². The van der Waals surface area contributed by atoms with Gasteiger partial charge in [-0.1, -0.05) is 0 Å². The number of imidazole rings is 1. The van der Waals surface area contributed by atoms with Gasteiger partial charge in [-0.25, -0.2) is 23.4 Å². The van der Waals surface area contributed by atoms with Crippen LogP contribution in [0.2, 0.25) is 0 Å². The highest BCUT2D eigenvalue weighted by Crippen LogP contribution is 2.28. The molecule has 0 aliphatic carbocycles. The van der Waals surface area contributed by atoms with Gasteiger partial charge in [-0.15, -0.1) is 11.3 Å². The van der Waals surface area contributed by atoms with E-state index in [0.717, 1.165) is 36.6 Å². The molecule has 26 heavy (non-hydrogen) atoms. The van der Waals surface area contributed by atoms with E-state index in [4.69, 9.17) is 0 Å². The Balaban J connectivity index is 1.58. The fourth-order valence-corrected chi connectivity index (χ4v) is 4.72. The highest BCUT2D eigenvalue weighted by molar-refractivity contribution is 7.90. The minimum absolute atomic E-state index is 0.0787. The number of nitrogens with zero attached hydrogens (tertiary/aromatic N) is 4. The molecule has 0 aromatic carbocycles. The lowest BCUT2D eigenvalue weighted by Gasteiger charge is -2.24. The summed E-state index contributed by atoms with van der Waals surface area (Å²) in [5, 5.41) is 8.46. The largest absolute Gasteiger partial charge is 0.348 e. The average molecular weight is 393 g/mol. The summed E-state index contributed by atoms with van der Waals surface area (Å²) in [6.45, 7) is 2.17. The second kappa shape index (κ2) is 6.93. The molecular weight excluding hydrogens is 372 g/mol. The molecule has 2 N–H and O–H groups in total. The number of anilines is 1. The van der Waals surface area contributed by atoms with E-state index in [1.54, 1.807) is 11.3 Å². The summed E-state index contributed by atoms with van der Waals surface area (Å²) in [4.78, 5) is 14.4. The Hall–Kier alpha value is -2.04. The monoisotopic (exact) mass is 392 g/mol. The van der Waals surface area contributed by atoms with Gasteiger partial charge in [0.25, 0.3) is 0 Å². The van der Waals surface area contributed by atoms with Gasteiger partial charge in [0.1, 0.15) is 4.90 Å². The lowest BCUT2D eigenvalue weighted by atomic mass is 9.96. The summed E-state index contributed by atoms with van der Waals surface area (Å²) in [6.07, 6.45) is 8.46. The number of aromatic nitrogens is 4. The van der Waals surface area contributed by atoms with Gasteiger partial charge in [-0.05, 0) is 19.4 Å². The Morgan fingerprint density at radius 3 is 3.04 bits per heavy atom. The number of fused-ring (bicyclic) bond motifs is 1. The van der Waals surface area contributed by atoms with E-state index >= 15 is 0 Å². The number of piperidine rings is 1. The zero-order valence-electron chi connectivity index (χ0n) is 14.3. The molecule has 1 saturated heterocycles. The fourth-order valence-electron chi connectivity index (χ4n) is 3.16. The van der Waals surface area contributed by atoms with E-state index in [2.05, 4.69) is 25.6 Å². The molecule has 3 aromatic heterocycles. The normalized spacial score (nSPS) is 18.3. The van der Waals surface area contributed by atoms with Crippen molar-refractivity contribution in [3.8, 4) is 0 Å². The molecule has 0 saturated carbocycles. The zero-order chi connectivity index (χ0) is 18.1. The van der Waals surface area contributed by atoms with Crippen molar-refractivity contribution in [2.75, 3.05) is 24.7 Å². The van der Waals surface area contributed by atoms with Crippen LogP contribution in [0.5, 0.6) is 0 Å². The SMILES string of the molecule is CS(=O)(=O)c1cnc(NCc2cn3ccsc3n2)nc1C1CCCNC1. The summed E-state index contributed by atoms with van der Waals surface area (Å²) < 4.78 is 26.2. The number of thiazole rings is 1. The van der Waals surface area contributed by atoms with Crippen molar-refractivity contribution < 1.29 is 8.42 Å². The first-order chi connectivity index (χ1) is 12.5. The van der Waals surface area contributed by atoms with Gasteiger partial charge in [0.15, 0.2) is 14.8 Å². The molecule has 1 aliphatic heterocycles. The maximum Gasteiger partial charge on any atom is 0.223 e. The minimum atomic E-state index is -3.37. The van der Waals surface area contributed by atoms with E-state index in [9.17, 15) is 8.42 Å². The Bertz CT molecular complexity index is 992. The highest BCUT2D eigenvalue weighted by atomic mass is 32.2. The second-order valence-electron chi connectivity index (χ2n) is 6.44. The third-order valence-electron chi connectivity index (χ3n) is 4.44. The van der Waals surface area contributed by atoms with Crippen LogP contribution in [-0.2, 0) is 16.4 Å². The molecular formula is C16H20N6O2S2. The van der Waals surface area contributed by atoms with Gasteiger partial charge in [0.05, 0.1) is 24.1 Å². The van der Waals surface area contributed by atoms with Gasteiger partial charge in [0, 0.05) is 36.5 Å². The molecule has 0 amide bonds. The van der Waals surface area contributed by atoms with Crippen molar-refractivity contribution in [3.05, 3.63) is 35.4 Å². The summed E-state index contributed by atoms with van der Waals surface area (Å²) in [7, 11) is -3.37. The molecule has 1 unspecified atom stereocenters. The quantitative estimate of drug-likeness (QED) is 0.681. The van der Waals surface area contributed by atoms with Crippen LogP contribution in [0.4, 0.5) is 5.95 Å². The molecule has 3 aromatic rings. The first-order valence-corrected chi connectivity index (χ1v) is 11.2.